The van der Waals surface area contributed by atoms with Crippen molar-refractivity contribution in [2.75, 3.05) is 0 Å². The van der Waals surface area contributed by atoms with Gasteiger partial charge >= 0.3 is 5.97 Å². The Bertz CT molecular complexity index is 943. The average Bonchev–Trinajstić information content (AvgIpc) is 2.88. The SMILES string of the molecule is O=C(Cc1ccc(Cl)c(Cl)c1)Oc1cccc(C=C2SC(=O)NC2=O)c1. The van der Waals surface area contributed by atoms with Crippen LogP contribution in [0.2, 0.25) is 10.0 Å². The third-order valence-electron chi connectivity index (χ3n) is 3.36. The number of carbonyl (C=O) groups is 3. The molecule has 0 saturated carbocycles. The number of halogens is 2. The van der Waals surface area contributed by atoms with Crippen LogP contribution in [0.4, 0.5) is 4.79 Å². The van der Waals surface area contributed by atoms with Crippen LogP contribution in [-0.2, 0) is 16.0 Å². The summed E-state index contributed by atoms with van der Waals surface area (Å²) >= 11 is 12.6. The van der Waals surface area contributed by atoms with Crippen LogP contribution < -0.4 is 10.1 Å². The maximum absolute atomic E-state index is 12.1. The highest BCUT2D eigenvalue weighted by molar-refractivity contribution is 8.18. The quantitative estimate of drug-likeness (QED) is 0.459. The van der Waals surface area contributed by atoms with Crippen LogP contribution in [-0.4, -0.2) is 17.1 Å². The van der Waals surface area contributed by atoms with Crippen molar-refractivity contribution in [3.63, 3.8) is 0 Å². The number of ether oxygens (including phenoxy) is 1. The Kier molecular flexibility index (Phi) is 5.66. The van der Waals surface area contributed by atoms with Crippen molar-refractivity contribution in [3.8, 4) is 5.75 Å². The van der Waals surface area contributed by atoms with E-state index >= 15 is 0 Å². The van der Waals surface area contributed by atoms with E-state index in [0.717, 1.165) is 11.8 Å². The Morgan fingerprint density at radius 2 is 1.92 bits per heavy atom. The highest BCUT2D eigenvalue weighted by Gasteiger charge is 2.24. The molecule has 2 aromatic rings. The molecule has 2 aromatic carbocycles. The lowest BCUT2D eigenvalue weighted by Gasteiger charge is -2.06. The third kappa shape index (κ3) is 4.66. The molecule has 0 atom stereocenters. The van der Waals surface area contributed by atoms with Crippen LogP contribution >= 0.6 is 35.0 Å². The summed E-state index contributed by atoms with van der Waals surface area (Å²) in [4.78, 5) is 35.2. The fourth-order valence-corrected chi connectivity index (χ4v) is 3.23. The van der Waals surface area contributed by atoms with Crippen LogP contribution in [0.1, 0.15) is 11.1 Å². The van der Waals surface area contributed by atoms with Crippen molar-refractivity contribution in [1.29, 1.82) is 0 Å². The van der Waals surface area contributed by atoms with E-state index in [4.69, 9.17) is 27.9 Å². The maximum atomic E-state index is 12.1. The highest BCUT2D eigenvalue weighted by atomic mass is 35.5. The zero-order chi connectivity index (χ0) is 18.7. The molecule has 0 radical (unpaired) electrons. The van der Waals surface area contributed by atoms with Gasteiger partial charge in [0.15, 0.2) is 0 Å². The van der Waals surface area contributed by atoms with Gasteiger partial charge < -0.3 is 4.74 Å². The van der Waals surface area contributed by atoms with E-state index in [9.17, 15) is 14.4 Å². The number of esters is 1. The summed E-state index contributed by atoms with van der Waals surface area (Å²) < 4.78 is 5.32. The molecule has 26 heavy (non-hydrogen) atoms. The lowest BCUT2D eigenvalue weighted by Crippen LogP contribution is -2.17. The average molecular weight is 408 g/mol. The molecule has 2 amide bonds. The normalized spacial score (nSPS) is 15.2. The van der Waals surface area contributed by atoms with Crippen LogP contribution in [0.3, 0.4) is 0 Å². The molecular weight excluding hydrogens is 397 g/mol. The standard InChI is InChI=1S/C18H11Cl2NO4S/c19-13-5-4-11(7-14(13)20)9-16(22)25-12-3-1-2-10(6-12)8-15-17(23)21-18(24)26-15/h1-8H,9H2,(H,21,23,24). The van der Waals surface area contributed by atoms with Crippen LogP contribution in [0.5, 0.6) is 5.75 Å². The Morgan fingerprint density at radius 1 is 1.12 bits per heavy atom. The number of nitrogens with one attached hydrogen (secondary N) is 1. The smallest absolute Gasteiger partial charge is 0.315 e. The van der Waals surface area contributed by atoms with E-state index in [1.165, 1.54) is 0 Å². The molecule has 0 bridgehead atoms. The number of benzene rings is 2. The number of imide groups is 1. The molecule has 0 spiro atoms. The van der Waals surface area contributed by atoms with E-state index in [1.54, 1.807) is 48.5 Å². The van der Waals surface area contributed by atoms with Gasteiger partial charge in [-0.1, -0.05) is 41.4 Å². The molecule has 3 rings (SSSR count). The van der Waals surface area contributed by atoms with Gasteiger partial charge in [-0.05, 0) is 53.2 Å². The molecule has 0 unspecified atom stereocenters. The fourth-order valence-electron chi connectivity index (χ4n) is 2.22. The topological polar surface area (TPSA) is 72.5 Å². The first-order valence-electron chi connectivity index (χ1n) is 7.40. The second kappa shape index (κ2) is 7.95. The van der Waals surface area contributed by atoms with E-state index in [1.807, 2.05) is 0 Å². The summed E-state index contributed by atoms with van der Waals surface area (Å²) in [5, 5.41) is 2.55. The van der Waals surface area contributed by atoms with Gasteiger partial charge in [0.2, 0.25) is 0 Å². The molecule has 132 valence electrons. The fraction of sp³-hybridized carbons (Fsp3) is 0.0556. The summed E-state index contributed by atoms with van der Waals surface area (Å²) in [7, 11) is 0. The number of hydrogen-bond donors (Lipinski definition) is 1. The second-order valence-corrected chi connectivity index (χ2v) is 7.15. The van der Waals surface area contributed by atoms with Crippen molar-refractivity contribution < 1.29 is 19.1 Å². The molecule has 1 saturated heterocycles. The van der Waals surface area contributed by atoms with E-state index in [2.05, 4.69) is 5.32 Å². The van der Waals surface area contributed by atoms with Crippen LogP contribution in [0.15, 0.2) is 47.4 Å². The Labute approximate surface area is 163 Å². The minimum Gasteiger partial charge on any atom is -0.426 e. The molecule has 1 fully saturated rings. The first-order chi connectivity index (χ1) is 12.4. The number of hydrogen-bond acceptors (Lipinski definition) is 5. The van der Waals surface area contributed by atoms with Gasteiger partial charge in [0.1, 0.15) is 5.75 Å². The molecule has 0 aliphatic carbocycles. The monoisotopic (exact) mass is 407 g/mol. The third-order valence-corrected chi connectivity index (χ3v) is 4.91. The van der Waals surface area contributed by atoms with Gasteiger partial charge in [-0.3, -0.25) is 19.7 Å². The van der Waals surface area contributed by atoms with Crippen LogP contribution in [0, 0.1) is 0 Å². The predicted octanol–water partition coefficient (Wildman–Crippen LogP) is 4.47. The number of rotatable bonds is 4. The first kappa shape index (κ1) is 18.5. The Hall–Kier alpha value is -2.28. The molecule has 8 heteroatoms. The summed E-state index contributed by atoms with van der Waals surface area (Å²) in [6, 6.07) is 11.6. The van der Waals surface area contributed by atoms with Gasteiger partial charge in [-0.15, -0.1) is 0 Å². The lowest BCUT2D eigenvalue weighted by molar-refractivity contribution is -0.133. The van der Waals surface area contributed by atoms with E-state index in [0.29, 0.717) is 26.9 Å². The summed E-state index contributed by atoms with van der Waals surface area (Å²) in [5.74, 6) is -0.572. The molecule has 1 heterocycles. The minimum atomic E-state index is -0.462. The number of thioether (sulfide) groups is 1. The van der Waals surface area contributed by atoms with Gasteiger partial charge in [-0.2, -0.15) is 0 Å². The highest BCUT2D eigenvalue weighted by Crippen LogP contribution is 2.27. The van der Waals surface area contributed by atoms with Gasteiger partial charge in [-0.25, -0.2) is 0 Å². The summed E-state index contributed by atoms with van der Waals surface area (Å²) in [6.07, 6.45) is 1.59. The van der Waals surface area contributed by atoms with Crippen molar-refractivity contribution in [3.05, 3.63) is 68.5 Å². The summed E-state index contributed by atoms with van der Waals surface area (Å²) in [5.41, 5.74) is 1.32. The molecule has 1 aliphatic heterocycles. The zero-order valence-electron chi connectivity index (χ0n) is 13.1. The maximum Gasteiger partial charge on any atom is 0.315 e. The molecule has 1 N–H and O–H groups in total. The molecule has 1 aliphatic rings. The van der Waals surface area contributed by atoms with E-state index in [-0.39, 0.29) is 11.3 Å². The molecule has 5 nitrogen and oxygen atoms in total. The van der Waals surface area contributed by atoms with Crippen molar-refractivity contribution in [2.45, 2.75) is 6.42 Å². The van der Waals surface area contributed by atoms with Crippen molar-refractivity contribution in [1.82, 2.24) is 5.32 Å². The number of carbonyl (C=O) groups excluding carboxylic acids is 3. The van der Waals surface area contributed by atoms with Gasteiger partial charge in [0.05, 0.1) is 21.4 Å². The summed E-state index contributed by atoms with van der Waals surface area (Å²) in [6.45, 7) is 0. The lowest BCUT2D eigenvalue weighted by atomic mass is 10.1. The van der Waals surface area contributed by atoms with E-state index < -0.39 is 17.1 Å². The Balaban J connectivity index is 1.69. The van der Waals surface area contributed by atoms with Gasteiger partial charge in [0.25, 0.3) is 11.1 Å². The zero-order valence-corrected chi connectivity index (χ0v) is 15.5. The molecular formula is C18H11Cl2NO4S. The van der Waals surface area contributed by atoms with Gasteiger partial charge in [0, 0.05) is 0 Å². The first-order valence-corrected chi connectivity index (χ1v) is 8.97. The predicted molar refractivity (Wildman–Crippen MR) is 101 cm³/mol. The van der Waals surface area contributed by atoms with Crippen LogP contribution in [0.25, 0.3) is 6.08 Å². The number of amides is 2. The second-order valence-electron chi connectivity index (χ2n) is 5.32. The minimum absolute atomic E-state index is 0.0367. The molecule has 0 aromatic heterocycles. The van der Waals surface area contributed by atoms with Crippen molar-refractivity contribution >= 4 is 58.2 Å². The van der Waals surface area contributed by atoms with Crippen molar-refractivity contribution in [2.24, 2.45) is 0 Å². The largest absolute Gasteiger partial charge is 0.426 e. The Morgan fingerprint density at radius 3 is 2.62 bits per heavy atom.